The first-order chi connectivity index (χ1) is 10.0. The zero-order chi connectivity index (χ0) is 15.3. The Balaban J connectivity index is 2.06. The number of ether oxygens (including phenoxy) is 1. The number of benzene rings is 1. The van der Waals surface area contributed by atoms with Crippen LogP contribution in [0.3, 0.4) is 0 Å². The molecule has 21 heavy (non-hydrogen) atoms. The van der Waals surface area contributed by atoms with Crippen molar-refractivity contribution < 1.29 is 9.84 Å². The fourth-order valence-electron chi connectivity index (χ4n) is 1.84. The Labute approximate surface area is 129 Å². The van der Waals surface area contributed by atoms with Crippen LogP contribution >= 0.6 is 11.6 Å². The molecule has 1 atom stereocenters. The maximum atomic E-state index is 10.5. The van der Waals surface area contributed by atoms with E-state index in [0.717, 1.165) is 5.56 Å². The molecule has 5 nitrogen and oxygen atoms in total. The number of halogens is 1. The molecule has 0 aliphatic heterocycles. The minimum Gasteiger partial charge on any atom is -0.477 e. The Morgan fingerprint density at radius 1 is 1.38 bits per heavy atom. The summed E-state index contributed by atoms with van der Waals surface area (Å²) in [5.74, 6) is 0.994. The second-order valence-electron chi connectivity index (χ2n) is 4.81. The molecular formula is C15H18ClN3O2. The summed E-state index contributed by atoms with van der Waals surface area (Å²) in [6.45, 7) is 4.40. The van der Waals surface area contributed by atoms with E-state index in [0.29, 0.717) is 23.3 Å². The molecule has 1 heterocycles. The van der Waals surface area contributed by atoms with E-state index in [2.05, 4.69) is 15.3 Å². The zero-order valence-electron chi connectivity index (χ0n) is 12.0. The third-order valence-corrected chi connectivity index (χ3v) is 3.20. The number of nitrogens with zero attached hydrogens (tertiary/aromatic N) is 2. The highest BCUT2D eigenvalue weighted by Gasteiger charge is 2.23. The predicted octanol–water partition coefficient (Wildman–Crippen LogP) is 2.85. The molecular weight excluding hydrogens is 290 g/mol. The molecule has 0 spiro atoms. The van der Waals surface area contributed by atoms with Gasteiger partial charge in [-0.05, 0) is 31.5 Å². The minimum absolute atomic E-state index is 0.275. The third-order valence-electron chi connectivity index (χ3n) is 2.96. The van der Waals surface area contributed by atoms with E-state index < -0.39 is 5.60 Å². The first kappa shape index (κ1) is 15.5. The number of nitrogens with one attached hydrogen (secondary N) is 1. The van der Waals surface area contributed by atoms with Crippen molar-refractivity contribution in [2.45, 2.75) is 19.4 Å². The number of rotatable bonds is 6. The number of anilines is 1. The maximum Gasteiger partial charge on any atom is 0.234 e. The summed E-state index contributed by atoms with van der Waals surface area (Å²) in [6, 6.07) is 7.15. The third kappa shape index (κ3) is 4.31. The molecule has 0 bridgehead atoms. The highest BCUT2D eigenvalue weighted by Crippen LogP contribution is 2.24. The molecule has 6 heteroatoms. The summed E-state index contributed by atoms with van der Waals surface area (Å²) >= 11 is 5.95. The lowest BCUT2D eigenvalue weighted by molar-refractivity contribution is 0.0714. The summed E-state index contributed by atoms with van der Waals surface area (Å²) in [5.41, 5.74) is -0.342. The Bertz CT molecular complexity index is 605. The van der Waals surface area contributed by atoms with Gasteiger partial charge < -0.3 is 15.2 Å². The minimum atomic E-state index is -1.08. The van der Waals surface area contributed by atoms with Crippen molar-refractivity contribution in [3.05, 3.63) is 47.2 Å². The van der Waals surface area contributed by atoms with Gasteiger partial charge in [-0.15, -0.1) is 0 Å². The van der Waals surface area contributed by atoms with E-state index in [1.165, 1.54) is 0 Å². The summed E-state index contributed by atoms with van der Waals surface area (Å²) in [7, 11) is 0. The van der Waals surface area contributed by atoms with Gasteiger partial charge in [0, 0.05) is 11.6 Å². The van der Waals surface area contributed by atoms with Gasteiger partial charge in [-0.2, -0.15) is 4.98 Å². The zero-order valence-corrected chi connectivity index (χ0v) is 12.8. The molecule has 0 aliphatic rings. The molecule has 112 valence electrons. The van der Waals surface area contributed by atoms with Crippen LogP contribution in [0.25, 0.3) is 0 Å². The van der Waals surface area contributed by atoms with E-state index in [1.807, 2.05) is 19.1 Å². The molecule has 0 radical (unpaired) electrons. The van der Waals surface area contributed by atoms with Gasteiger partial charge in [0.15, 0.2) is 0 Å². The SMILES string of the molecule is CCOc1cncc(NCC(C)(O)c2cccc(Cl)c2)n1. The molecule has 2 N–H and O–H groups in total. The highest BCUT2D eigenvalue weighted by atomic mass is 35.5. The van der Waals surface area contributed by atoms with Crippen LogP contribution in [0.2, 0.25) is 5.02 Å². The van der Waals surface area contributed by atoms with Crippen molar-refractivity contribution in [1.82, 2.24) is 9.97 Å². The Morgan fingerprint density at radius 2 is 2.19 bits per heavy atom. The summed E-state index contributed by atoms with van der Waals surface area (Å²) in [6.07, 6.45) is 3.13. The van der Waals surface area contributed by atoms with Crippen LogP contribution in [0.1, 0.15) is 19.4 Å². The predicted molar refractivity (Wildman–Crippen MR) is 82.7 cm³/mol. The van der Waals surface area contributed by atoms with E-state index in [-0.39, 0.29) is 6.54 Å². The van der Waals surface area contributed by atoms with Gasteiger partial charge in [-0.25, -0.2) is 0 Å². The maximum absolute atomic E-state index is 10.5. The van der Waals surface area contributed by atoms with Gasteiger partial charge in [-0.1, -0.05) is 23.7 Å². The fourth-order valence-corrected chi connectivity index (χ4v) is 2.03. The molecule has 2 aromatic rings. The van der Waals surface area contributed by atoms with Crippen molar-refractivity contribution in [3.63, 3.8) is 0 Å². The quantitative estimate of drug-likeness (QED) is 0.859. The van der Waals surface area contributed by atoms with Gasteiger partial charge in [-0.3, -0.25) is 4.98 Å². The Kier molecular flexibility index (Phi) is 4.98. The summed E-state index contributed by atoms with van der Waals surface area (Å²) < 4.78 is 5.29. The molecule has 1 aromatic carbocycles. The lowest BCUT2D eigenvalue weighted by Crippen LogP contribution is -2.31. The van der Waals surface area contributed by atoms with Gasteiger partial charge >= 0.3 is 0 Å². The van der Waals surface area contributed by atoms with Crippen LogP contribution in [-0.2, 0) is 5.60 Å². The number of aliphatic hydroxyl groups is 1. The van der Waals surface area contributed by atoms with Crippen LogP contribution in [0.4, 0.5) is 5.82 Å². The molecule has 0 fully saturated rings. The molecule has 1 aromatic heterocycles. The van der Waals surface area contributed by atoms with E-state index in [1.54, 1.807) is 31.5 Å². The summed E-state index contributed by atoms with van der Waals surface area (Å²) in [5, 5.41) is 14.2. The summed E-state index contributed by atoms with van der Waals surface area (Å²) in [4.78, 5) is 8.28. The smallest absolute Gasteiger partial charge is 0.234 e. The molecule has 0 amide bonds. The van der Waals surface area contributed by atoms with Crippen LogP contribution in [0.15, 0.2) is 36.7 Å². The molecule has 0 saturated carbocycles. The van der Waals surface area contributed by atoms with Gasteiger partial charge in [0.1, 0.15) is 11.4 Å². The van der Waals surface area contributed by atoms with Crippen LogP contribution < -0.4 is 10.1 Å². The monoisotopic (exact) mass is 307 g/mol. The molecule has 2 rings (SSSR count). The molecule has 1 unspecified atom stereocenters. The highest BCUT2D eigenvalue weighted by molar-refractivity contribution is 6.30. The average molecular weight is 308 g/mol. The average Bonchev–Trinajstić information content (AvgIpc) is 2.46. The standard InChI is InChI=1S/C15H18ClN3O2/c1-3-21-14-9-17-8-13(19-14)18-10-15(2,20)11-5-4-6-12(16)7-11/h4-9,20H,3,10H2,1-2H3,(H,18,19). The van der Waals surface area contributed by atoms with Crippen molar-refractivity contribution in [2.75, 3.05) is 18.5 Å². The van der Waals surface area contributed by atoms with Crippen molar-refractivity contribution in [1.29, 1.82) is 0 Å². The number of aromatic nitrogens is 2. The van der Waals surface area contributed by atoms with Gasteiger partial charge in [0.25, 0.3) is 0 Å². The molecule has 0 saturated heterocycles. The van der Waals surface area contributed by atoms with E-state index in [9.17, 15) is 5.11 Å². The number of hydrogen-bond donors (Lipinski definition) is 2. The van der Waals surface area contributed by atoms with Crippen LogP contribution in [0.5, 0.6) is 5.88 Å². The van der Waals surface area contributed by atoms with Crippen molar-refractivity contribution in [2.24, 2.45) is 0 Å². The van der Waals surface area contributed by atoms with Crippen LogP contribution in [-0.4, -0.2) is 28.2 Å². The first-order valence-corrected chi connectivity index (χ1v) is 7.06. The lowest BCUT2D eigenvalue weighted by Gasteiger charge is -2.24. The van der Waals surface area contributed by atoms with Crippen molar-refractivity contribution >= 4 is 17.4 Å². The second-order valence-corrected chi connectivity index (χ2v) is 5.25. The van der Waals surface area contributed by atoms with Crippen LogP contribution in [0, 0.1) is 0 Å². The normalized spacial score (nSPS) is 13.5. The first-order valence-electron chi connectivity index (χ1n) is 6.68. The van der Waals surface area contributed by atoms with Gasteiger partial charge in [0.05, 0.1) is 19.0 Å². The lowest BCUT2D eigenvalue weighted by atomic mass is 9.96. The van der Waals surface area contributed by atoms with Gasteiger partial charge in [0.2, 0.25) is 5.88 Å². The van der Waals surface area contributed by atoms with E-state index >= 15 is 0 Å². The number of hydrogen-bond acceptors (Lipinski definition) is 5. The van der Waals surface area contributed by atoms with E-state index in [4.69, 9.17) is 16.3 Å². The largest absolute Gasteiger partial charge is 0.477 e. The second kappa shape index (κ2) is 6.74. The van der Waals surface area contributed by atoms with Crippen molar-refractivity contribution in [3.8, 4) is 5.88 Å². The Morgan fingerprint density at radius 3 is 2.90 bits per heavy atom. The molecule has 0 aliphatic carbocycles. The fraction of sp³-hybridized carbons (Fsp3) is 0.333. The Hall–Kier alpha value is -1.85. The topological polar surface area (TPSA) is 67.3 Å².